The number of aryl methyl sites for hydroxylation is 1. The van der Waals surface area contributed by atoms with Crippen LogP contribution in [0.1, 0.15) is 27.3 Å². The van der Waals surface area contributed by atoms with E-state index in [0.29, 0.717) is 30.9 Å². The molecule has 2 aromatic heterocycles. The summed E-state index contributed by atoms with van der Waals surface area (Å²) < 4.78 is 1.69. The molecule has 1 aliphatic heterocycles. The van der Waals surface area contributed by atoms with Crippen molar-refractivity contribution in [2.75, 3.05) is 5.32 Å². The van der Waals surface area contributed by atoms with Gasteiger partial charge in [0.15, 0.2) is 0 Å². The normalized spacial score (nSPS) is 12.5. The Morgan fingerprint density at radius 1 is 1.11 bits per heavy atom. The molecule has 0 saturated carbocycles. The smallest absolute Gasteiger partial charge is 0.322 e. The topological polar surface area (TPSA) is 92.2 Å². The van der Waals surface area contributed by atoms with Crippen LogP contribution in [-0.4, -0.2) is 31.6 Å². The molecule has 0 fully saturated rings. The molecule has 0 saturated heterocycles. The van der Waals surface area contributed by atoms with Crippen molar-refractivity contribution in [3.8, 4) is 0 Å². The highest BCUT2D eigenvalue weighted by Gasteiger charge is 2.24. The Bertz CT molecular complexity index is 987. The fourth-order valence-electron chi connectivity index (χ4n) is 3.08. The van der Waals surface area contributed by atoms with Gasteiger partial charge in [-0.15, -0.1) is 0 Å². The van der Waals surface area contributed by atoms with E-state index in [1.165, 1.54) is 0 Å². The molecule has 8 heteroatoms. The van der Waals surface area contributed by atoms with Gasteiger partial charge in [0, 0.05) is 37.2 Å². The monoisotopic (exact) mass is 376 g/mol. The number of fused-ring (bicyclic) bond motifs is 1. The second-order valence-corrected chi connectivity index (χ2v) is 6.64. The van der Waals surface area contributed by atoms with E-state index in [1.807, 2.05) is 31.4 Å². The van der Waals surface area contributed by atoms with Crippen LogP contribution in [0, 0.1) is 0 Å². The summed E-state index contributed by atoms with van der Waals surface area (Å²) in [6.45, 7) is 1.40. The van der Waals surface area contributed by atoms with Gasteiger partial charge in [0.1, 0.15) is 0 Å². The number of pyridine rings is 1. The number of aromatic nitrogens is 3. The molecule has 0 bridgehead atoms. The van der Waals surface area contributed by atoms with Gasteiger partial charge in [-0.3, -0.25) is 14.5 Å². The Kier molecular flexibility index (Phi) is 4.76. The highest BCUT2D eigenvalue weighted by molar-refractivity contribution is 5.95. The molecule has 2 N–H and O–H groups in total. The lowest BCUT2D eigenvalue weighted by Crippen LogP contribution is -2.30. The van der Waals surface area contributed by atoms with Crippen molar-refractivity contribution in [1.82, 2.24) is 25.0 Å². The summed E-state index contributed by atoms with van der Waals surface area (Å²) in [4.78, 5) is 30.7. The van der Waals surface area contributed by atoms with Crippen LogP contribution >= 0.6 is 0 Å². The average Bonchev–Trinajstić information content (AvgIpc) is 3.32. The molecule has 1 aliphatic rings. The third-order valence-electron chi connectivity index (χ3n) is 4.57. The minimum absolute atomic E-state index is 0.189. The fraction of sp³-hybridized carbons (Fsp3) is 0.200. The molecule has 0 radical (unpaired) electrons. The van der Waals surface area contributed by atoms with E-state index in [2.05, 4.69) is 20.7 Å². The first-order valence-corrected chi connectivity index (χ1v) is 8.94. The minimum atomic E-state index is -0.190. The number of nitrogens with one attached hydrogen (secondary N) is 2. The zero-order chi connectivity index (χ0) is 19.5. The van der Waals surface area contributed by atoms with E-state index in [9.17, 15) is 9.59 Å². The van der Waals surface area contributed by atoms with Crippen LogP contribution in [0.4, 0.5) is 10.5 Å². The number of anilines is 1. The number of hydrogen-bond acceptors (Lipinski definition) is 4. The predicted molar refractivity (Wildman–Crippen MR) is 103 cm³/mol. The predicted octanol–water partition coefficient (Wildman–Crippen LogP) is 2.29. The zero-order valence-electron chi connectivity index (χ0n) is 15.4. The second-order valence-electron chi connectivity index (χ2n) is 6.64. The maximum Gasteiger partial charge on any atom is 0.322 e. The maximum atomic E-state index is 12.5. The number of urea groups is 1. The Morgan fingerprint density at radius 3 is 2.64 bits per heavy atom. The van der Waals surface area contributed by atoms with Crippen molar-refractivity contribution < 1.29 is 9.59 Å². The Balaban J connectivity index is 1.32. The number of hydrogen-bond donors (Lipinski definition) is 2. The van der Waals surface area contributed by atoms with Crippen molar-refractivity contribution in [1.29, 1.82) is 0 Å². The van der Waals surface area contributed by atoms with Gasteiger partial charge in [-0.2, -0.15) is 5.10 Å². The third-order valence-corrected chi connectivity index (χ3v) is 4.57. The van der Waals surface area contributed by atoms with Crippen LogP contribution in [-0.2, 0) is 26.7 Å². The van der Waals surface area contributed by atoms with Gasteiger partial charge in [0.05, 0.1) is 24.5 Å². The van der Waals surface area contributed by atoms with Gasteiger partial charge < -0.3 is 15.5 Å². The molecule has 8 nitrogen and oxygen atoms in total. The molecule has 0 atom stereocenters. The van der Waals surface area contributed by atoms with Crippen molar-refractivity contribution >= 4 is 17.6 Å². The summed E-state index contributed by atoms with van der Waals surface area (Å²) in [5.41, 5.74) is 3.94. The van der Waals surface area contributed by atoms with Crippen molar-refractivity contribution in [2.24, 2.45) is 7.05 Å². The highest BCUT2D eigenvalue weighted by atomic mass is 16.2. The molecule has 1 aromatic carbocycles. The molecule has 142 valence electrons. The van der Waals surface area contributed by atoms with E-state index < -0.39 is 0 Å². The molecule has 4 rings (SSSR count). The summed E-state index contributed by atoms with van der Waals surface area (Å²) in [7, 11) is 1.83. The van der Waals surface area contributed by atoms with Crippen LogP contribution in [0.25, 0.3) is 0 Å². The summed E-state index contributed by atoms with van der Waals surface area (Å²) >= 11 is 0. The van der Waals surface area contributed by atoms with Gasteiger partial charge in [-0.25, -0.2) is 4.79 Å². The number of benzene rings is 1. The van der Waals surface area contributed by atoms with E-state index in [0.717, 1.165) is 17.0 Å². The van der Waals surface area contributed by atoms with Gasteiger partial charge in [0.2, 0.25) is 0 Å². The van der Waals surface area contributed by atoms with Crippen LogP contribution in [0.5, 0.6) is 0 Å². The summed E-state index contributed by atoms with van der Waals surface area (Å²) in [6, 6.07) is 12.3. The Labute approximate surface area is 162 Å². The van der Waals surface area contributed by atoms with E-state index >= 15 is 0 Å². The molecule has 3 aromatic rings. The molecule has 28 heavy (non-hydrogen) atoms. The number of carbonyl (C=O) groups excluding carboxylic acids is 2. The van der Waals surface area contributed by atoms with Crippen molar-refractivity contribution in [3.63, 3.8) is 0 Å². The van der Waals surface area contributed by atoms with Crippen LogP contribution < -0.4 is 10.6 Å². The van der Waals surface area contributed by atoms with Crippen LogP contribution in [0.3, 0.4) is 0 Å². The highest BCUT2D eigenvalue weighted by Crippen LogP contribution is 2.21. The van der Waals surface area contributed by atoms with Gasteiger partial charge >= 0.3 is 6.03 Å². The first-order chi connectivity index (χ1) is 13.6. The maximum absolute atomic E-state index is 12.5. The SMILES string of the molecule is Cn1ccc(CNC(=O)c2ccc(NC(=O)N3Cc4cccnc4C3)cc2)n1. The lowest BCUT2D eigenvalue weighted by atomic mass is 10.2. The molecule has 3 amide bonds. The van der Waals surface area contributed by atoms with Crippen LogP contribution in [0.2, 0.25) is 0 Å². The minimum Gasteiger partial charge on any atom is -0.346 e. The number of nitrogens with zero attached hydrogens (tertiary/aromatic N) is 4. The molecular weight excluding hydrogens is 356 g/mol. The fourth-order valence-corrected chi connectivity index (χ4v) is 3.08. The zero-order valence-corrected chi connectivity index (χ0v) is 15.4. The Morgan fingerprint density at radius 2 is 1.93 bits per heavy atom. The number of amides is 3. The summed E-state index contributed by atoms with van der Waals surface area (Å²) in [5.74, 6) is -0.190. The summed E-state index contributed by atoms with van der Waals surface area (Å²) in [6.07, 6.45) is 3.56. The van der Waals surface area contributed by atoms with Crippen LogP contribution in [0.15, 0.2) is 54.9 Å². The first kappa shape index (κ1) is 17.7. The quantitative estimate of drug-likeness (QED) is 0.731. The first-order valence-electron chi connectivity index (χ1n) is 8.94. The van der Waals surface area contributed by atoms with Crippen molar-refractivity contribution in [2.45, 2.75) is 19.6 Å². The van der Waals surface area contributed by atoms with Gasteiger partial charge in [-0.05, 0) is 42.0 Å². The third kappa shape index (κ3) is 3.85. The molecule has 0 aliphatic carbocycles. The van der Waals surface area contributed by atoms with Crippen molar-refractivity contribution in [3.05, 3.63) is 77.4 Å². The molecule has 0 spiro atoms. The standard InChI is InChI=1S/C20H20N6O2/c1-25-10-8-17(24-25)11-22-19(27)14-4-6-16(7-5-14)23-20(28)26-12-15-3-2-9-21-18(15)13-26/h2-10H,11-13H2,1H3,(H,22,27)(H,23,28). The Hall–Kier alpha value is -3.68. The lowest BCUT2D eigenvalue weighted by Gasteiger charge is -2.16. The molecular formula is C20H20N6O2. The molecule has 0 unspecified atom stereocenters. The van der Waals surface area contributed by atoms with Gasteiger partial charge in [0.25, 0.3) is 5.91 Å². The largest absolute Gasteiger partial charge is 0.346 e. The van der Waals surface area contributed by atoms with E-state index in [1.54, 1.807) is 40.0 Å². The average molecular weight is 376 g/mol. The number of carbonyl (C=O) groups is 2. The summed E-state index contributed by atoms with van der Waals surface area (Å²) in [5, 5.41) is 9.91. The van der Waals surface area contributed by atoms with E-state index in [-0.39, 0.29) is 11.9 Å². The van der Waals surface area contributed by atoms with E-state index in [4.69, 9.17) is 0 Å². The lowest BCUT2D eigenvalue weighted by molar-refractivity contribution is 0.0950. The molecule has 3 heterocycles. The van der Waals surface area contributed by atoms with Gasteiger partial charge in [-0.1, -0.05) is 6.07 Å². The second kappa shape index (κ2) is 7.51. The number of rotatable bonds is 4.